The van der Waals surface area contributed by atoms with Gasteiger partial charge in [0.15, 0.2) is 0 Å². The Morgan fingerprint density at radius 3 is 2.94 bits per heavy atom. The molecule has 0 aromatic carbocycles. The van der Waals surface area contributed by atoms with E-state index in [0.717, 1.165) is 18.2 Å². The van der Waals surface area contributed by atoms with E-state index in [1.54, 1.807) is 6.20 Å². The predicted molar refractivity (Wildman–Crippen MR) is 70.7 cm³/mol. The van der Waals surface area contributed by atoms with Crippen LogP contribution in [-0.4, -0.2) is 23.6 Å². The smallest absolute Gasteiger partial charge is 0.122 e. The maximum atomic E-state index is 5.57. The summed E-state index contributed by atoms with van der Waals surface area (Å²) in [5, 5.41) is 0. The first-order valence-electron chi connectivity index (χ1n) is 5.64. The lowest BCUT2D eigenvalue weighted by Gasteiger charge is -2.31. The predicted octanol–water partition coefficient (Wildman–Crippen LogP) is 1.95. The van der Waals surface area contributed by atoms with E-state index < -0.39 is 0 Å². The van der Waals surface area contributed by atoms with Crippen LogP contribution in [0.5, 0.6) is 0 Å². The van der Waals surface area contributed by atoms with Crippen molar-refractivity contribution in [3.63, 3.8) is 0 Å². The molecule has 2 rings (SSSR count). The summed E-state index contributed by atoms with van der Waals surface area (Å²) in [6.07, 6.45) is 5.86. The molecule has 1 fully saturated rings. The van der Waals surface area contributed by atoms with Crippen molar-refractivity contribution >= 4 is 22.9 Å². The number of rotatable bonds is 4. The number of anilines is 1. The maximum Gasteiger partial charge on any atom is 0.122 e. The van der Waals surface area contributed by atoms with Gasteiger partial charge >= 0.3 is 0 Å². The highest BCUT2D eigenvalue weighted by Crippen LogP contribution is 2.28. The van der Waals surface area contributed by atoms with Crippen LogP contribution in [0.3, 0.4) is 0 Å². The molecule has 86 valence electrons. The largest absolute Gasteiger partial charge is 0.388 e. The van der Waals surface area contributed by atoms with Crippen LogP contribution in [0.15, 0.2) is 18.3 Å². The molecule has 1 aromatic heterocycles. The number of hydrogen-bond acceptors (Lipinski definition) is 3. The molecule has 1 aliphatic carbocycles. The third kappa shape index (κ3) is 2.50. The lowest BCUT2D eigenvalue weighted by Crippen LogP contribution is -2.29. The molecule has 3 nitrogen and oxygen atoms in total. The van der Waals surface area contributed by atoms with Gasteiger partial charge in [0.1, 0.15) is 4.99 Å². The third-order valence-corrected chi connectivity index (χ3v) is 3.40. The first kappa shape index (κ1) is 11.3. The Kier molecular flexibility index (Phi) is 3.39. The van der Waals surface area contributed by atoms with Gasteiger partial charge in [0, 0.05) is 25.5 Å². The van der Waals surface area contributed by atoms with E-state index in [0.29, 0.717) is 10.7 Å². The number of aromatic nitrogens is 1. The van der Waals surface area contributed by atoms with Crippen LogP contribution in [0.4, 0.5) is 5.69 Å². The second-order valence-electron chi connectivity index (χ2n) is 4.44. The van der Waals surface area contributed by atoms with Crippen LogP contribution >= 0.6 is 12.2 Å². The summed E-state index contributed by atoms with van der Waals surface area (Å²) in [5.74, 6) is 0.853. The van der Waals surface area contributed by atoms with Crippen LogP contribution < -0.4 is 10.6 Å². The molecule has 2 N–H and O–H groups in total. The normalized spacial score (nSPS) is 15.6. The van der Waals surface area contributed by atoms with E-state index in [2.05, 4.69) is 16.9 Å². The quantitative estimate of drug-likeness (QED) is 0.810. The molecule has 0 bridgehead atoms. The minimum atomic E-state index is 0.360. The van der Waals surface area contributed by atoms with Crippen LogP contribution in [0.2, 0.25) is 0 Å². The van der Waals surface area contributed by atoms with E-state index in [1.165, 1.54) is 19.3 Å². The van der Waals surface area contributed by atoms with Crippen molar-refractivity contribution < 1.29 is 0 Å². The second kappa shape index (κ2) is 4.78. The van der Waals surface area contributed by atoms with Gasteiger partial charge in [-0.2, -0.15) is 0 Å². The summed E-state index contributed by atoms with van der Waals surface area (Å²) in [7, 11) is 2.11. The topological polar surface area (TPSA) is 42.2 Å². The minimum Gasteiger partial charge on any atom is -0.388 e. The first-order chi connectivity index (χ1) is 7.66. The van der Waals surface area contributed by atoms with E-state index in [9.17, 15) is 0 Å². The highest BCUT2D eigenvalue weighted by atomic mass is 32.1. The van der Waals surface area contributed by atoms with Crippen molar-refractivity contribution in [1.29, 1.82) is 0 Å². The van der Waals surface area contributed by atoms with Gasteiger partial charge in [-0.3, -0.25) is 4.98 Å². The molecular formula is C12H17N3S. The highest BCUT2D eigenvalue weighted by Gasteiger charge is 2.19. The molecule has 1 aromatic rings. The second-order valence-corrected chi connectivity index (χ2v) is 4.88. The molecule has 0 atom stereocenters. The zero-order valence-electron chi connectivity index (χ0n) is 9.52. The summed E-state index contributed by atoms with van der Waals surface area (Å²) in [4.78, 5) is 6.76. The zero-order valence-corrected chi connectivity index (χ0v) is 10.3. The van der Waals surface area contributed by atoms with Crippen LogP contribution in [0.25, 0.3) is 0 Å². The van der Waals surface area contributed by atoms with Crippen LogP contribution in [0.1, 0.15) is 25.0 Å². The molecule has 0 amide bonds. The van der Waals surface area contributed by atoms with E-state index >= 15 is 0 Å². The van der Waals surface area contributed by atoms with Gasteiger partial charge in [-0.1, -0.05) is 18.6 Å². The number of nitrogens with two attached hydrogens (primary N) is 1. The third-order valence-electron chi connectivity index (χ3n) is 3.19. The van der Waals surface area contributed by atoms with Crippen molar-refractivity contribution in [2.24, 2.45) is 11.7 Å². The molecule has 1 aliphatic rings. The Balaban J connectivity index is 2.06. The number of thiocarbonyl (C=S) groups is 1. The molecule has 1 saturated carbocycles. The Bertz CT molecular complexity index is 388. The maximum absolute atomic E-state index is 5.57. The Morgan fingerprint density at radius 2 is 2.38 bits per heavy atom. The Labute approximate surface area is 102 Å². The summed E-state index contributed by atoms with van der Waals surface area (Å²) in [5.41, 5.74) is 7.42. The number of nitrogens with zero attached hydrogens (tertiary/aromatic N) is 2. The highest BCUT2D eigenvalue weighted by molar-refractivity contribution is 7.80. The Hall–Kier alpha value is -1.16. The monoisotopic (exact) mass is 235 g/mol. The molecule has 0 unspecified atom stereocenters. The van der Waals surface area contributed by atoms with E-state index in [1.807, 2.05) is 12.1 Å². The SMILES string of the molecule is CN(CC1CCC1)c1ccnc(C(N)=S)c1. The number of hydrogen-bond donors (Lipinski definition) is 1. The molecule has 0 spiro atoms. The van der Waals surface area contributed by atoms with Gasteiger partial charge in [-0.25, -0.2) is 0 Å². The van der Waals surface area contributed by atoms with Crippen molar-refractivity contribution in [3.05, 3.63) is 24.0 Å². The van der Waals surface area contributed by atoms with Gasteiger partial charge in [0.2, 0.25) is 0 Å². The summed E-state index contributed by atoms with van der Waals surface area (Å²) in [6, 6.07) is 3.96. The average molecular weight is 235 g/mol. The van der Waals surface area contributed by atoms with Gasteiger partial charge < -0.3 is 10.6 Å². The fourth-order valence-electron chi connectivity index (χ4n) is 1.96. The zero-order chi connectivity index (χ0) is 11.5. The van der Waals surface area contributed by atoms with Crippen LogP contribution in [-0.2, 0) is 0 Å². The fraction of sp³-hybridized carbons (Fsp3) is 0.500. The molecule has 4 heteroatoms. The molecule has 0 aliphatic heterocycles. The van der Waals surface area contributed by atoms with Crippen molar-refractivity contribution in [1.82, 2.24) is 4.98 Å². The first-order valence-corrected chi connectivity index (χ1v) is 6.04. The van der Waals surface area contributed by atoms with E-state index in [-0.39, 0.29) is 0 Å². The lowest BCUT2D eigenvalue weighted by atomic mass is 9.85. The van der Waals surface area contributed by atoms with Crippen molar-refractivity contribution in [2.45, 2.75) is 19.3 Å². The molecule has 1 heterocycles. The standard InChI is InChI=1S/C12H17N3S/c1-15(8-9-3-2-4-9)10-5-6-14-11(7-10)12(13)16/h5-7,9H,2-4,8H2,1H3,(H2,13,16). The van der Waals surface area contributed by atoms with Crippen molar-refractivity contribution in [3.8, 4) is 0 Å². The molecule has 0 saturated heterocycles. The molecular weight excluding hydrogens is 218 g/mol. The minimum absolute atomic E-state index is 0.360. The fourth-order valence-corrected chi connectivity index (χ4v) is 2.07. The Morgan fingerprint density at radius 1 is 1.62 bits per heavy atom. The molecule has 16 heavy (non-hydrogen) atoms. The van der Waals surface area contributed by atoms with Gasteiger partial charge in [-0.15, -0.1) is 0 Å². The summed E-state index contributed by atoms with van der Waals surface area (Å²) >= 11 is 4.93. The van der Waals surface area contributed by atoms with Gasteiger partial charge in [0.25, 0.3) is 0 Å². The van der Waals surface area contributed by atoms with Crippen LogP contribution in [0, 0.1) is 5.92 Å². The van der Waals surface area contributed by atoms with Gasteiger partial charge in [-0.05, 0) is 30.9 Å². The average Bonchev–Trinajstić information content (AvgIpc) is 2.23. The molecule has 0 radical (unpaired) electrons. The number of pyridine rings is 1. The lowest BCUT2D eigenvalue weighted by molar-refractivity contribution is 0.321. The van der Waals surface area contributed by atoms with Crippen molar-refractivity contribution in [2.75, 3.05) is 18.5 Å². The van der Waals surface area contributed by atoms with E-state index in [4.69, 9.17) is 18.0 Å². The summed E-state index contributed by atoms with van der Waals surface area (Å²) in [6.45, 7) is 1.11. The van der Waals surface area contributed by atoms with Gasteiger partial charge in [0.05, 0.1) is 5.69 Å². The summed E-state index contributed by atoms with van der Waals surface area (Å²) < 4.78 is 0.